The van der Waals surface area contributed by atoms with Gasteiger partial charge in [0, 0.05) is 17.2 Å². The summed E-state index contributed by atoms with van der Waals surface area (Å²) < 4.78 is 5.92. The highest BCUT2D eigenvalue weighted by Crippen LogP contribution is 2.40. The zero-order valence-electron chi connectivity index (χ0n) is 19.1. The molecule has 0 bridgehead atoms. The first-order chi connectivity index (χ1) is 15.5. The van der Waals surface area contributed by atoms with Gasteiger partial charge in [0.2, 0.25) is 0 Å². The van der Waals surface area contributed by atoms with Crippen molar-refractivity contribution >= 4 is 0 Å². The van der Waals surface area contributed by atoms with Crippen LogP contribution in [-0.4, -0.2) is 15.2 Å². The van der Waals surface area contributed by atoms with Gasteiger partial charge in [-0.2, -0.15) is 10.2 Å². The molecule has 0 spiro atoms. The first-order valence-corrected chi connectivity index (χ1v) is 11.0. The second kappa shape index (κ2) is 9.31. The third-order valence-electron chi connectivity index (χ3n) is 6.30. The van der Waals surface area contributed by atoms with Crippen LogP contribution < -0.4 is 4.74 Å². The highest BCUT2D eigenvalue weighted by Gasteiger charge is 2.32. The minimum Gasteiger partial charge on any atom is -0.487 e. The van der Waals surface area contributed by atoms with E-state index in [4.69, 9.17) is 4.74 Å². The van der Waals surface area contributed by atoms with Gasteiger partial charge in [-0.25, -0.2) is 0 Å². The van der Waals surface area contributed by atoms with Crippen LogP contribution in [0.5, 0.6) is 5.75 Å². The Hall–Kier alpha value is -3.53. The van der Waals surface area contributed by atoms with Gasteiger partial charge in [0.1, 0.15) is 12.4 Å². The fourth-order valence-electron chi connectivity index (χ4n) is 3.91. The molecule has 0 N–H and O–H groups in total. The lowest BCUT2D eigenvalue weighted by molar-refractivity contribution is 0.301. The van der Waals surface area contributed by atoms with Crippen molar-refractivity contribution in [2.24, 2.45) is 5.92 Å². The Morgan fingerprint density at radius 2 is 1.50 bits per heavy atom. The molecule has 0 amide bonds. The van der Waals surface area contributed by atoms with E-state index in [1.807, 2.05) is 37.3 Å². The molecule has 4 aromatic rings. The molecule has 2 heterocycles. The van der Waals surface area contributed by atoms with Gasteiger partial charge in [-0.3, -0.25) is 4.98 Å². The second-order valence-electron chi connectivity index (χ2n) is 8.63. The Morgan fingerprint density at radius 1 is 0.812 bits per heavy atom. The van der Waals surface area contributed by atoms with Crippen molar-refractivity contribution in [3.8, 4) is 17.0 Å². The molecule has 2 aromatic heterocycles. The first kappa shape index (κ1) is 21.7. The third kappa shape index (κ3) is 4.54. The molecular formula is C28H29N3O. The molecule has 1 unspecified atom stereocenters. The van der Waals surface area contributed by atoms with E-state index >= 15 is 0 Å². The van der Waals surface area contributed by atoms with E-state index in [2.05, 4.69) is 84.5 Å². The highest BCUT2D eigenvalue weighted by molar-refractivity contribution is 5.59. The predicted molar refractivity (Wildman–Crippen MR) is 129 cm³/mol. The maximum atomic E-state index is 5.92. The standard InChI is InChI=1S/C28H29N3O/c1-20(2)28(4,23-11-9-22(10-12-23)27-17-8-21(3)30-31-27)24-13-15-26(16-14-24)32-19-25-7-5-6-18-29-25/h5-18,20H,19H2,1-4H3. The molecule has 0 radical (unpaired) electrons. The van der Waals surface area contributed by atoms with E-state index in [1.54, 1.807) is 6.20 Å². The van der Waals surface area contributed by atoms with Crippen molar-refractivity contribution in [3.05, 3.63) is 108 Å². The SMILES string of the molecule is Cc1ccc(-c2ccc(C(C)(c3ccc(OCc4ccccn4)cc3)C(C)C)cc2)nn1. The normalized spacial score (nSPS) is 13.0. The topological polar surface area (TPSA) is 47.9 Å². The van der Waals surface area contributed by atoms with Crippen LogP contribution in [0.1, 0.15) is 43.3 Å². The summed E-state index contributed by atoms with van der Waals surface area (Å²) in [7, 11) is 0. The average molecular weight is 424 g/mol. The second-order valence-corrected chi connectivity index (χ2v) is 8.63. The van der Waals surface area contributed by atoms with Crippen LogP contribution in [-0.2, 0) is 12.0 Å². The number of benzene rings is 2. The zero-order chi connectivity index (χ0) is 22.6. The van der Waals surface area contributed by atoms with Gasteiger partial charge in [-0.05, 0) is 60.4 Å². The van der Waals surface area contributed by atoms with Crippen molar-refractivity contribution in [2.75, 3.05) is 0 Å². The van der Waals surface area contributed by atoms with Gasteiger partial charge in [-0.1, -0.05) is 63.2 Å². The number of rotatable bonds is 7. The van der Waals surface area contributed by atoms with Gasteiger partial charge in [-0.15, -0.1) is 0 Å². The van der Waals surface area contributed by atoms with Crippen LogP contribution in [0.15, 0.2) is 85.1 Å². The third-order valence-corrected chi connectivity index (χ3v) is 6.30. The molecule has 4 nitrogen and oxygen atoms in total. The number of pyridine rings is 1. The summed E-state index contributed by atoms with van der Waals surface area (Å²) in [4.78, 5) is 4.31. The molecule has 0 saturated heterocycles. The fourth-order valence-corrected chi connectivity index (χ4v) is 3.91. The molecule has 32 heavy (non-hydrogen) atoms. The predicted octanol–water partition coefficient (Wildman–Crippen LogP) is 6.39. The van der Waals surface area contributed by atoms with Gasteiger partial charge < -0.3 is 4.74 Å². The van der Waals surface area contributed by atoms with Crippen molar-refractivity contribution in [2.45, 2.75) is 39.7 Å². The maximum absolute atomic E-state index is 5.92. The number of hydrogen-bond acceptors (Lipinski definition) is 4. The molecule has 0 saturated carbocycles. The van der Waals surface area contributed by atoms with E-state index in [1.165, 1.54) is 11.1 Å². The van der Waals surface area contributed by atoms with Crippen molar-refractivity contribution in [1.29, 1.82) is 0 Å². The molecular weight excluding hydrogens is 394 g/mol. The molecule has 0 fully saturated rings. The van der Waals surface area contributed by atoms with Gasteiger partial charge in [0.15, 0.2) is 0 Å². The molecule has 2 aromatic carbocycles. The van der Waals surface area contributed by atoms with Crippen LogP contribution >= 0.6 is 0 Å². The van der Waals surface area contributed by atoms with E-state index in [-0.39, 0.29) is 5.41 Å². The zero-order valence-corrected chi connectivity index (χ0v) is 19.1. The van der Waals surface area contributed by atoms with Crippen molar-refractivity contribution in [3.63, 3.8) is 0 Å². The molecule has 0 aliphatic rings. The summed E-state index contributed by atoms with van der Waals surface area (Å²) in [6.45, 7) is 9.26. The van der Waals surface area contributed by atoms with Crippen LogP contribution in [0, 0.1) is 12.8 Å². The Balaban J connectivity index is 1.55. The highest BCUT2D eigenvalue weighted by atomic mass is 16.5. The summed E-state index contributed by atoms with van der Waals surface area (Å²) >= 11 is 0. The largest absolute Gasteiger partial charge is 0.487 e. The Labute approximate surface area is 190 Å². The smallest absolute Gasteiger partial charge is 0.130 e. The van der Waals surface area contributed by atoms with Gasteiger partial charge in [0.05, 0.1) is 17.1 Å². The quantitative estimate of drug-likeness (QED) is 0.346. The average Bonchev–Trinajstić information content (AvgIpc) is 2.84. The van der Waals surface area contributed by atoms with Crippen molar-refractivity contribution in [1.82, 2.24) is 15.2 Å². The number of aromatic nitrogens is 3. The molecule has 1 atom stereocenters. The van der Waals surface area contributed by atoms with E-state index in [0.717, 1.165) is 28.4 Å². The Morgan fingerprint density at radius 3 is 2.06 bits per heavy atom. The number of nitrogens with zero attached hydrogens (tertiary/aromatic N) is 3. The summed E-state index contributed by atoms with van der Waals surface area (Å²) in [6, 6.07) is 27.0. The lowest BCUT2D eigenvalue weighted by Gasteiger charge is -2.35. The number of hydrogen-bond donors (Lipinski definition) is 0. The minimum absolute atomic E-state index is 0.128. The Kier molecular flexibility index (Phi) is 6.31. The molecule has 4 heteroatoms. The summed E-state index contributed by atoms with van der Waals surface area (Å²) in [5, 5.41) is 8.49. The molecule has 4 rings (SSSR count). The van der Waals surface area contributed by atoms with Gasteiger partial charge >= 0.3 is 0 Å². The van der Waals surface area contributed by atoms with Crippen LogP contribution in [0.3, 0.4) is 0 Å². The first-order valence-electron chi connectivity index (χ1n) is 11.0. The monoisotopic (exact) mass is 423 g/mol. The number of ether oxygens (including phenoxy) is 1. The lowest BCUT2D eigenvalue weighted by Crippen LogP contribution is -2.30. The minimum atomic E-state index is -0.128. The summed E-state index contributed by atoms with van der Waals surface area (Å²) in [5.74, 6) is 1.26. The number of aryl methyl sites for hydroxylation is 1. The van der Waals surface area contributed by atoms with E-state index < -0.39 is 0 Å². The van der Waals surface area contributed by atoms with Crippen LogP contribution in [0.25, 0.3) is 11.3 Å². The van der Waals surface area contributed by atoms with E-state index in [9.17, 15) is 0 Å². The van der Waals surface area contributed by atoms with Crippen molar-refractivity contribution < 1.29 is 4.74 Å². The molecule has 0 aliphatic heterocycles. The Bertz CT molecular complexity index is 1140. The molecule has 0 aliphatic carbocycles. The summed E-state index contributed by atoms with van der Waals surface area (Å²) in [6.07, 6.45) is 1.78. The molecule has 162 valence electrons. The lowest BCUT2D eigenvalue weighted by atomic mass is 9.68. The summed E-state index contributed by atoms with van der Waals surface area (Å²) in [5.41, 5.74) is 6.22. The maximum Gasteiger partial charge on any atom is 0.130 e. The van der Waals surface area contributed by atoms with Crippen LogP contribution in [0.4, 0.5) is 0 Å². The van der Waals surface area contributed by atoms with E-state index in [0.29, 0.717) is 12.5 Å². The van der Waals surface area contributed by atoms with Crippen LogP contribution in [0.2, 0.25) is 0 Å². The fraction of sp³-hybridized carbons (Fsp3) is 0.250. The van der Waals surface area contributed by atoms with Gasteiger partial charge in [0.25, 0.3) is 0 Å².